The number of hydrogen-bond donors (Lipinski definition) is 1. The van der Waals surface area contributed by atoms with Crippen LogP contribution >= 0.6 is 0 Å². The Kier molecular flexibility index (Phi) is 6.21. The SMILES string of the molecule is COc1cc(C(=O)OC(C)C(=O)NCC(C)C)ccc1C. The highest BCUT2D eigenvalue weighted by Crippen LogP contribution is 2.19. The van der Waals surface area contributed by atoms with Crippen molar-refractivity contribution in [2.45, 2.75) is 33.8 Å². The standard InChI is InChI=1S/C16H23NO4/c1-10(2)9-17-15(18)12(4)21-16(19)13-7-6-11(3)14(8-13)20-5/h6-8,10,12H,9H2,1-5H3,(H,17,18). The molecule has 1 atom stereocenters. The lowest BCUT2D eigenvalue weighted by molar-refractivity contribution is -0.129. The number of amides is 1. The van der Waals surface area contributed by atoms with Gasteiger partial charge in [0.05, 0.1) is 12.7 Å². The summed E-state index contributed by atoms with van der Waals surface area (Å²) in [6, 6.07) is 5.04. The second-order valence-corrected chi connectivity index (χ2v) is 5.37. The molecule has 1 amide bonds. The van der Waals surface area contributed by atoms with Crippen molar-refractivity contribution in [1.82, 2.24) is 5.32 Å². The number of aryl methyl sites for hydroxylation is 1. The van der Waals surface area contributed by atoms with Crippen molar-refractivity contribution in [2.75, 3.05) is 13.7 Å². The molecule has 0 saturated carbocycles. The number of esters is 1. The van der Waals surface area contributed by atoms with Gasteiger partial charge >= 0.3 is 5.97 Å². The molecule has 1 aromatic carbocycles. The number of ether oxygens (including phenoxy) is 2. The minimum Gasteiger partial charge on any atom is -0.496 e. The van der Waals surface area contributed by atoms with Crippen molar-refractivity contribution < 1.29 is 19.1 Å². The van der Waals surface area contributed by atoms with E-state index in [0.717, 1.165) is 5.56 Å². The summed E-state index contributed by atoms with van der Waals surface area (Å²) in [7, 11) is 1.54. The zero-order chi connectivity index (χ0) is 16.0. The summed E-state index contributed by atoms with van der Waals surface area (Å²) in [5, 5.41) is 2.73. The molecule has 1 N–H and O–H groups in total. The number of methoxy groups -OCH3 is 1. The summed E-state index contributed by atoms with van der Waals surface area (Å²) in [5.41, 5.74) is 1.29. The second-order valence-electron chi connectivity index (χ2n) is 5.37. The molecule has 21 heavy (non-hydrogen) atoms. The first-order valence-corrected chi connectivity index (χ1v) is 6.98. The molecule has 0 aliphatic carbocycles. The van der Waals surface area contributed by atoms with E-state index in [0.29, 0.717) is 23.8 Å². The molecular formula is C16H23NO4. The van der Waals surface area contributed by atoms with Crippen molar-refractivity contribution in [1.29, 1.82) is 0 Å². The highest BCUT2D eigenvalue weighted by atomic mass is 16.5. The lowest BCUT2D eigenvalue weighted by atomic mass is 10.1. The average Bonchev–Trinajstić information content (AvgIpc) is 2.44. The van der Waals surface area contributed by atoms with Crippen LogP contribution in [0.1, 0.15) is 36.7 Å². The maximum absolute atomic E-state index is 12.0. The van der Waals surface area contributed by atoms with Crippen molar-refractivity contribution in [3.8, 4) is 5.75 Å². The molecule has 0 aliphatic rings. The summed E-state index contributed by atoms with van der Waals surface area (Å²) < 4.78 is 10.3. The first-order chi connectivity index (χ1) is 9.85. The normalized spacial score (nSPS) is 11.9. The number of nitrogens with one attached hydrogen (secondary N) is 1. The Hall–Kier alpha value is -2.04. The summed E-state index contributed by atoms with van der Waals surface area (Å²) in [6.45, 7) is 7.99. The molecule has 5 nitrogen and oxygen atoms in total. The van der Waals surface area contributed by atoms with E-state index in [9.17, 15) is 9.59 Å². The molecule has 1 aromatic rings. The van der Waals surface area contributed by atoms with Crippen LogP contribution in [0.3, 0.4) is 0 Å². The molecule has 0 saturated heterocycles. The van der Waals surface area contributed by atoms with E-state index in [-0.39, 0.29) is 5.91 Å². The highest BCUT2D eigenvalue weighted by molar-refractivity contribution is 5.92. The minimum absolute atomic E-state index is 0.295. The van der Waals surface area contributed by atoms with Crippen molar-refractivity contribution in [2.24, 2.45) is 5.92 Å². The minimum atomic E-state index is -0.830. The molecular weight excluding hydrogens is 270 g/mol. The second kappa shape index (κ2) is 7.67. The predicted octanol–water partition coefficient (Wildman–Crippen LogP) is 2.32. The molecule has 0 spiro atoms. The Bertz CT molecular complexity index is 511. The van der Waals surface area contributed by atoms with Gasteiger partial charge in [0.15, 0.2) is 6.10 Å². The number of hydrogen-bond acceptors (Lipinski definition) is 4. The van der Waals surface area contributed by atoms with Gasteiger partial charge in [-0.05, 0) is 37.5 Å². The van der Waals surface area contributed by atoms with Gasteiger partial charge in [-0.15, -0.1) is 0 Å². The van der Waals surface area contributed by atoms with Gasteiger partial charge in [-0.2, -0.15) is 0 Å². The number of carbonyl (C=O) groups is 2. The van der Waals surface area contributed by atoms with Crippen LogP contribution in [-0.2, 0) is 9.53 Å². The number of carbonyl (C=O) groups excluding carboxylic acids is 2. The van der Waals surface area contributed by atoms with Crippen LogP contribution in [0, 0.1) is 12.8 Å². The molecule has 5 heteroatoms. The van der Waals surface area contributed by atoms with Gasteiger partial charge in [0.1, 0.15) is 5.75 Å². The third-order valence-electron chi connectivity index (χ3n) is 2.98. The fraction of sp³-hybridized carbons (Fsp3) is 0.500. The number of rotatable bonds is 6. The Morgan fingerprint density at radius 1 is 1.24 bits per heavy atom. The summed E-state index contributed by atoms with van der Waals surface area (Å²) >= 11 is 0. The smallest absolute Gasteiger partial charge is 0.339 e. The lowest BCUT2D eigenvalue weighted by Gasteiger charge is -2.15. The van der Waals surface area contributed by atoms with Crippen molar-refractivity contribution >= 4 is 11.9 Å². The molecule has 0 aliphatic heterocycles. The number of benzene rings is 1. The first kappa shape index (κ1) is 17.0. The maximum Gasteiger partial charge on any atom is 0.339 e. The van der Waals surface area contributed by atoms with Crippen LogP contribution < -0.4 is 10.1 Å². The molecule has 1 rings (SSSR count). The van der Waals surface area contributed by atoms with Gasteiger partial charge in [0.2, 0.25) is 0 Å². The van der Waals surface area contributed by atoms with Crippen LogP contribution in [0.25, 0.3) is 0 Å². The molecule has 0 aromatic heterocycles. The topological polar surface area (TPSA) is 64.6 Å². The highest BCUT2D eigenvalue weighted by Gasteiger charge is 2.19. The zero-order valence-corrected chi connectivity index (χ0v) is 13.2. The van der Waals surface area contributed by atoms with Gasteiger partial charge in [-0.25, -0.2) is 4.79 Å². The lowest BCUT2D eigenvalue weighted by Crippen LogP contribution is -2.37. The van der Waals surface area contributed by atoms with Gasteiger partial charge in [-0.1, -0.05) is 19.9 Å². The predicted molar refractivity (Wildman–Crippen MR) is 80.5 cm³/mol. The van der Waals surface area contributed by atoms with Gasteiger partial charge in [-0.3, -0.25) is 4.79 Å². The van der Waals surface area contributed by atoms with E-state index < -0.39 is 12.1 Å². The van der Waals surface area contributed by atoms with Crippen molar-refractivity contribution in [3.63, 3.8) is 0 Å². The summed E-state index contributed by atoms with van der Waals surface area (Å²) in [4.78, 5) is 23.8. The van der Waals surface area contributed by atoms with Gasteiger partial charge in [0.25, 0.3) is 5.91 Å². The summed E-state index contributed by atoms with van der Waals surface area (Å²) in [6.07, 6.45) is -0.830. The maximum atomic E-state index is 12.0. The first-order valence-electron chi connectivity index (χ1n) is 6.98. The van der Waals surface area contributed by atoms with Crippen molar-refractivity contribution in [3.05, 3.63) is 29.3 Å². The Labute approximate surface area is 125 Å². The zero-order valence-electron chi connectivity index (χ0n) is 13.2. The van der Waals surface area contributed by atoms with Crippen LogP contribution in [0.2, 0.25) is 0 Å². The quantitative estimate of drug-likeness (QED) is 0.818. The fourth-order valence-corrected chi connectivity index (χ4v) is 1.68. The van der Waals surface area contributed by atoms with E-state index in [1.807, 2.05) is 20.8 Å². The molecule has 1 unspecified atom stereocenters. The van der Waals surface area contributed by atoms with Crippen LogP contribution in [0.15, 0.2) is 18.2 Å². The monoisotopic (exact) mass is 293 g/mol. The molecule has 0 radical (unpaired) electrons. The largest absolute Gasteiger partial charge is 0.496 e. The molecule has 116 valence electrons. The third-order valence-corrected chi connectivity index (χ3v) is 2.98. The average molecular weight is 293 g/mol. The van der Waals surface area contributed by atoms with E-state index in [1.54, 1.807) is 32.2 Å². The van der Waals surface area contributed by atoms with E-state index in [2.05, 4.69) is 5.32 Å². The Morgan fingerprint density at radius 2 is 1.90 bits per heavy atom. The van der Waals surface area contributed by atoms with Gasteiger partial charge in [0, 0.05) is 6.54 Å². The van der Waals surface area contributed by atoms with Gasteiger partial charge < -0.3 is 14.8 Å². The molecule has 0 bridgehead atoms. The molecule has 0 heterocycles. The van der Waals surface area contributed by atoms with Crippen LogP contribution in [0.5, 0.6) is 5.75 Å². The fourth-order valence-electron chi connectivity index (χ4n) is 1.68. The van der Waals surface area contributed by atoms with Crippen LogP contribution in [-0.4, -0.2) is 31.6 Å². The Balaban J connectivity index is 2.66. The van der Waals surface area contributed by atoms with E-state index in [4.69, 9.17) is 9.47 Å². The van der Waals surface area contributed by atoms with E-state index in [1.165, 1.54) is 0 Å². The van der Waals surface area contributed by atoms with E-state index >= 15 is 0 Å². The summed E-state index contributed by atoms with van der Waals surface area (Å²) in [5.74, 6) is 0.121. The van der Waals surface area contributed by atoms with Crippen LogP contribution in [0.4, 0.5) is 0 Å². The third kappa shape index (κ3) is 5.10. The Morgan fingerprint density at radius 3 is 2.48 bits per heavy atom. The molecule has 0 fully saturated rings.